The first-order valence-corrected chi connectivity index (χ1v) is 8.22. The minimum Gasteiger partial charge on any atom is -0.493 e. The molecule has 3 aromatic rings. The summed E-state index contributed by atoms with van der Waals surface area (Å²) in [5.74, 6) is 0.663. The highest BCUT2D eigenvalue weighted by Gasteiger charge is 2.16. The summed E-state index contributed by atoms with van der Waals surface area (Å²) in [5, 5.41) is 2.33. The normalized spacial score (nSPS) is 10.7. The summed E-state index contributed by atoms with van der Waals surface area (Å²) in [5.41, 5.74) is 1.25. The molecule has 0 atom stereocenters. The van der Waals surface area contributed by atoms with Gasteiger partial charge in [-0.25, -0.2) is 4.98 Å². The number of methoxy groups -OCH3 is 3. The molecule has 0 bridgehead atoms. The second-order valence-electron chi connectivity index (χ2n) is 5.15. The number of carbonyl (C=O) groups excluding carboxylic acids is 1. The fourth-order valence-electron chi connectivity index (χ4n) is 2.50. The fraction of sp³-hybridized carbons (Fsp3) is 0.235. The Labute approximate surface area is 147 Å². The zero-order chi connectivity index (χ0) is 18.0. The van der Waals surface area contributed by atoms with Crippen molar-refractivity contribution >= 4 is 27.5 Å². The lowest BCUT2D eigenvalue weighted by molar-refractivity contribution is -0.141. The molecule has 3 rings (SSSR count). The van der Waals surface area contributed by atoms with E-state index in [1.54, 1.807) is 26.4 Å². The van der Waals surface area contributed by atoms with Crippen molar-refractivity contribution in [3.8, 4) is 22.6 Å². The molecular weight excluding hydrogens is 344 g/mol. The average Bonchev–Trinajstić information content (AvgIpc) is 3.08. The van der Waals surface area contributed by atoms with Gasteiger partial charge in [-0.1, -0.05) is 6.07 Å². The number of carbonyl (C=O) groups is 1. The number of nitrogens with zero attached hydrogens (tertiary/aromatic N) is 2. The molecule has 0 saturated carbocycles. The van der Waals surface area contributed by atoms with Gasteiger partial charge in [-0.05, 0) is 17.7 Å². The third-order valence-corrected chi connectivity index (χ3v) is 4.67. The zero-order valence-corrected chi connectivity index (χ0v) is 14.8. The number of benzene rings is 1. The van der Waals surface area contributed by atoms with Crippen LogP contribution in [-0.4, -0.2) is 36.8 Å². The minimum absolute atomic E-state index is 0.181. The number of rotatable bonds is 5. The Balaban J connectivity index is 2.16. The van der Waals surface area contributed by atoms with Crippen molar-refractivity contribution in [1.29, 1.82) is 0 Å². The molecule has 0 unspecified atom stereocenters. The molecule has 2 heterocycles. The number of aromatic nitrogens is 2. The Morgan fingerprint density at radius 2 is 1.96 bits per heavy atom. The van der Waals surface area contributed by atoms with Crippen LogP contribution in [0.4, 0.5) is 0 Å². The van der Waals surface area contributed by atoms with E-state index in [1.807, 2.05) is 11.4 Å². The SMILES string of the molecule is COC(=O)Cn1cnc2scc(-c3ccc(OC)c(OC)c3)c2c1=O. The van der Waals surface area contributed by atoms with E-state index in [9.17, 15) is 9.59 Å². The molecule has 0 N–H and O–H groups in total. The highest BCUT2D eigenvalue weighted by atomic mass is 32.1. The molecule has 0 amide bonds. The molecule has 0 saturated heterocycles. The maximum Gasteiger partial charge on any atom is 0.325 e. The van der Waals surface area contributed by atoms with Crippen LogP contribution in [0.25, 0.3) is 21.3 Å². The van der Waals surface area contributed by atoms with Crippen LogP contribution in [0.2, 0.25) is 0 Å². The molecule has 0 fully saturated rings. The van der Waals surface area contributed by atoms with Crippen LogP contribution in [0.5, 0.6) is 11.5 Å². The van der Waals surface area contributed by atoms with Crippen LogP contribution in [0.1, 0.15) is 0 Å². The molecule has 0 aliphatic rings. The fourth-order valence-corrected chi connectivity index (χ4v) is 3.41. The van der Waals surface area contributed by atoms with Crippen LogP contribution < -0.4 is 15.0 Å². The van der Waals surface area contributed by atoms with Crippen LogP contribution in [0.3, 0.4) is 0 Å². The molecule has 0 aliphatic carbocycles. The molecule has 130 valence electrons. The van der Waals surface area contributed by atoms with Crippen molar-refractivity contribution in [1.82, 2.24) is 9.55 Å². The molecule has 7 nitrogen and oxygen atoms in total. The van der Waals surface area contributed by atoms with Crippen molar-refractivity contribution in [3.63, 3.8) is 0 Å². The molecule has 0 radical (unpaired) electrons. The predicted octanol–water partition coefficient (Wildman–Crippen LogP) is 2.32. The Kier molecular flexibility index (Phi) is 4.71. The van der Waals surface area contributed by atoms with Gasteiger partial charge in [0.15, 0.2) is 11.5 Å². The van der Waals surface area contributed by atoms with Gasteiger partial charge in [-0.15, -0.1) is 11.3 Å². The van der Waals surface area contributed by atoms with Crippen LogP contribution in [-0.2, 0) is 16.1 Å². The Hall–Kier alpha value is -2.87. The lowest BCUT2D eigenvalue weighted by atomic mass is 10.1. The van der Waals surface area contributed by atoms with E-state index in [0.29, 0.717) is 21.7 Å². The molecule has 0 aliphatic heterocycles. The van der Waals surface area contributed by atoms with Gasteiger partial charge >= 0.3 is 5.97 Å². The number of thiophene rings is 1. The van der Waals surface area contributed by atoms with Gasteiger partial charge in [0.2, 0.25) is 0 Å². The summed E-state index contributed by atoms with van der Waals surface area (Å²) in [4.78, 5) is 29.1. The second-order valence-corrected chi connectivity index (χ2v) is 6.01. The van der Waals surface area contributed by atoms with E-state index in [4.69, 9.17) is 9.47 Å². The van der Waals surface area contributed by atoms with Gasteiger partial charge in [0.1, 0.15) is 11.4 Å². The van der Waals surface area contributed by atoms with Crippen LogP contribution in [0.15, 0.2) is 34.7 Å². The summed E-state index contributed by atoms with van der Waals surface area (Å²) in [6.45, 7) is -0.181. The Morgan fingerprint density at radius 3 is 2.64 bits per heavy atom. The molecule has 8 heteroatoms. The quantitative estimate of drug-likeness (QED) is 0.650. The van der Waals surface area contributed by atoms with Crippen LogP contribution in [0, 0.1) is 0 Å². The maximum atomic E-state index is 12.8. The van der Waals surface area contributed by atoms with Crippen molar-refractivity contribution in [2.45, 2.75) is 6.54 Å². The number of ether oxygens (including phenoxy) is 3. The standard InChI is InChI=1S/C17H16N2O5S/c1-22-12-5-4-10(6-13(12)23-2)11-8-25-16-15(11)17(21)19(9-18-16)7-14(20)24-3/h4-6,8-9H,7H2,1-3H3. The van der Waals surface area contributed by atoms with Crippen LogP contribution >= 0.6 is 11.3 Å². The number of fused-ring (bicyclic) bond motifs is 1. The Bertz CT molecular complexity index is 992. The summed E-state index contributed by atoms with van der Waals surface area (Å²) in [7, 11) is 4.39. The van der Waals surface area contributed by atoms with E-state index >= 15 is 0 Å². The predicted molar refractivity (Wildman–Crippen MR) is 94.4 cm³/mol. The van der Waals surface area contributed by atoms with Gasteiger partial charge in [0.25, 0.3) is 5.56 Å². The van der Waals surface area contributed by atoms with E-state index in [0.717, 1.165) is 11.1 Å². The highest BCUT2D eigenvalue weighted by molar-refractivity contribution is 7.17. The molecule has 0 spiro atoms. The Morgan fingerprint density at radius 1 is 1.20 bits per heavy atom. The topological polar surface area (TPSA) is 79.7 Å². The third-order valence-electron chi connectivity index (χ3n) is 3.78. The summed E-state index contributed by atoms with van der Waals surface area (Å²) in [6, 6.07) is 5.43. The van der Waals surface area contributed by atoms with Crippen molar-refractivity contribution in [2.24, 2.45) is 0 Å². The van der Waals surface area contributed by atoms with Gasteiger partial charge in [0, 0.05) is 10.9 Å². The van der Waals surface area contributed by atoms with E-state index in [-0.39, 0.29) is 12.1 Å². The molecule has 25 heavy (non-hydrogen) atoms. The number of hydrogen-bond acceptors (Lipinski definition) is 7. The third kappa shape index (κ3) is 3.08. The first-order valence-electron chi connectivity index (χ1n) is 7.35. The van der Waals surface area contributed by atoms with Crippen molar-refractivity contribution in [3.05, 3.63) is 40.3 Å². The second kappa shape index (κ2) is 6.94. The highest BCUT2D eigenvalue weighted by Crippen LogP contribution is 2.36. The average molecular weight is 360 g/mol. The molecule has 2 aromatic heterocycles. The maximum absolute atomic E-state index is 12.8. The smallest absolute Gasteiger partial charge is 0.325 e. The lowest BCUT2D eigenvalue weighted by Crippen LogP contribution is -2.25. The zero-order valence-electron chi connectivity index (χ0n) is 13.9. The summed E-state index contributed by atoms with van der Waals surface area (Å²) >= 11 is 1.37. The summed E-state index contributed by atoms with van der Waals surface area (Å²) in [6.07, 6.45) is 1.36. The molecule has 1 aromatic carbocycles. The van der Waals surface area contributed by atoms with Crippen molar-refractivity contribution in [2.75, 3.05) is 21.3 Å². The first kappa shape index (κ1) is 17.0. The first-order chi connectivity index (χ1) is 12.1. The monoisotopic (exact) mass is 360 g/mol. The van der Waals surface area contributed by atoms with E-state index in [1.165, 1.54) is 29.3 Å². The van der Waals surface area contributed by atoms with E-state index in [2.05, 4.69) is 9.72 Å². The number of esters is 1. The minimum atomic E-state index is -0.508. The van der Waals surface area contributed by atoms with Gasteiger partial charge in [0.05, 0.1) is 33.0 Å². The number of hydrogen-bond donors (Lipinski definition) is 0. The van der Waals surface area contributed by atoms with Crippen molar-refractivity contribution < 1.29 is 19.0 Å². The van der Waals surface area contributed by atoms with Gasteiger partial charge in [-0.2, -0.15) is 0 Å². The van der Waals surface area contributed by atoms with Gasteiger partial charge < -0.3 is 14.2 Å². The molecular formula is C17H16N2O5S. The summed E-state index contributed by atoms with van der Waals surface area (Å²) < 4.78 is 16.4. The van der Waals surface area contributed by atoms with E-state index < -0.39 is 5.97 Å². The largest absolute Gasteiger partial charge is 0.493 e. The lowest BCUT2D eigenvalue weighted by Gasteiger charge is -2.09. The van der Waals surface area contributed by atoms with Gasteiger partial charge in [-0.3, -0.25) is 14.2 Å².